The van der Waals surface area contributed by atoms with Gasteiger partial charge in [0.15, 0.2) is 0 Å². The Morgan fingerprint density at radius 2 is 1.18 bits per heavy atom. The maximum atomic E-state index is 11.8. The zero-order chi connectivity index (χ0) is 41.5. The molecular formula is C44H70N4O8. The van der Waals surface area contributed by atoms with Gasteiger partial charge in [-0.1, -0.05) is 20.3 Å². The molecule has 2 fully saturated rings. The molecule has 0 bridgehead atoms. The summed E-state index contributed by atoms with van der Waals surface area (Å²) in [6.07, 6.45) is 23.5. The normalized spacial score (nSPS) is 21.0. The van der Waals surface area contributed by atoms with E-state index in [0.29, 0.717) is 81.1 Å². The number of carboxylic acid groups (broad SMARTS) is 2. The summed E-state index contributed by atoms with van der Waals surface area (Å²) in [5, 5.41) is 19.0. The Labute approximate surface area is 334 Å². The summed E-state index contributed by atoms with van der Waals surface area (Å²) in [5.41, 5.74) is 0.891. The molecule has 2 aliphatic rings. The number of nitrogens with zero attached hydrogens (tertiary/aromatic N) is 4. The first-order valence-electron chi connectivity index (χ1n) is 20.9. The molecule has 56 heavy (non-hydrogen) atoms. The molecule has 0 spiro atoms. The van der Waals surface area contributed by atoms with Crippen molar-refractivity contribution in [2.45, 2.75) is 188 Å². The highest BCUT2D eigenvalue weighted by Gasteiger charge is 2.24. The summed E-state index contributed by atoms with van der Waals surface area (Å²) in [6.45, 7) is 15.6. The first-order valence-corrected chi connectivity index (χ1v) is 20.9. The van der Waals surface area contributed by atoms with Gasteiger partial charge in [0, 0.05) is 49.3 Å². The van der Waals surface area contributed by atoms with Crippen molar-refractivity contribution in [3.8, 4) is 0 Å². The highest BCUT2D eigenvalue weighted by Crippen LogP contribution is 2.33. The van der Waals surface area contributed by atoms with Crippen molar-refractivity contribution < 1.29 is 38.9 Å². The zero-order valence-electron chi connectivity index (χ0n) is 35.4. The Kier molecular flexibility index (Phi) is 18.3. The van der Waals surface area contributed by atoms with Crippen molar-refractivity contribution in [2.24, 2.45) is 17.8 Å². The Balaban J connectivity index is 0.000000300. The fourth-order valence-electron chi connectivity index (χ4n) is 7.41. The zero-order valence-corrected chi connectivity index (χ0v) is 35.4. The molecule has 0 radical (unpaired) electrons. The van der Waals surface area contributed by atoms with Crippen LogP contribution in [0.4, 0.5) is 0 Å². The van der Waals surface area contributed by atoms with Crippen LogP contribution in [-0.4, -0.2) is 64.4 Å². The van der Waals surface area contributed by atoms with Crippen LogP contribution in [0.2, 0.25) is 0 Å². The molecule has 2 aromatic heterocycles. The smallest absolute Gasteiger partial charge is 0.331 e. The van der Waals surface area contributed by atoms with Crippen molar-refractivity contribution in [3.63, 3.8) is 0 Å². The Morgan fingerprint density at radius 3 is 1.66 bits per heavy atom. The molecule has 0 aromatic carbocycles. The van der Waals surface area contributed by atoms with Crippen molar-refractivity contribution in [1.29, 1.82) is 0 Å². The van der Waals surface area contributed by atoms with Crippen LogP contribution < -0.4 is 0 Å². The van der Waals surface area contributed by atoms with Gasteiger partial charge in [-0.3, -0.25) is 14.4 Å². The molecule has 2 heterocycles. The van der Waals surface area contributed by atoms with Gasteiger partial charge in [-0.15, -0.1) is 0 Å². The fourth-order valence-corrected chi connectivity index (χ4v) is 7.41. The van der Waals surface area contributed by atoms with E-state index in [2.05, 4.69) is 32.9 Å². The van der Waals surface area contributed by atoms with E-state index in [1.54, 1.807) is 6.08 Å². The number of aromatic nitrogens is 4. The van der Waals surface area contributed by atoms with E-state index in [1.807, 2.05) is 66.6 Å². The van der Waals surface area contributed by atoms with E-state index in [-0.39, 0.29) is 11.9 Å². The number of rotatable bonds is 17. The highest BCUT2D eigenvalue weighted by atomic mass is 16.6. The summed E-state index contributed by atoms with van der Waals surface area (Å²) in [4.78, 5) is 55.5. The summed E-state index contributed by atoms with van der Waals surface area (Å²) in [5.74, 6) is -1.06. The molecule has 0 unspecified atom stereocenters. The minimum Gasteiger partial charge on any atom is -0.481 e. The van der Waals surface area contributed by atoms with E-state index in [1.165, 1.54) is 38.5 Å². The lowest BCUT2D eigenvalue weighted by molar-refractivity contribution is -0.156. The monoisotopic (exact) mass is 783 g/mol. The van der Waals surface area contributed by atoms with Gasteiger partial charge in [0.1, 0.15) is 11.2 Å². The van der Waals surface area contributed by atoms with Crippen LogP contribution in [0.25, 0.3) is 6.08 Å². The minimum absolute atomic E-state index is 0.222. The lowest BCUT2D eigenvalue weighted by atomic mass is 9.87. The molecular weight excluding hydrogens is 713 g/mol. The number of unbranched alkanes of at least 4 members (excludes halogenated alkanes) is 2. The second kappa shape index (κ2) is 22.1. The topological polar surface area (TPSA) is 163 Å². The molecule has 0 amide bonds. The van der Waals surface area contributed by atoms with Crippen LogP contribution in [0.3, 0.4) is 0 Å². The SMILES string of the molecule is CC1CCC(n2cnc(/C=C(\CCCCC(=O)OC(C)(C)C)C(=O)O)c2)CC1.CC1CCC(n2cnc(C[C@H](CCCCC(=O)OC(C)(C)C)C(=O)O)c2)CC1. The highest BCUT2D eigenvalue weighted by molar-refractivity contribution is 5.91. The Hall–Kier alpha value is -3.96. The quantitative estimate of drug-likeness (QED) is 0.0897. The standard InChI is InChI=1S/C22H36N2O4.C22H34N2O4/c2*1-16-9-11-19(12-10-16)24-14-18(23-15-24)13-17(21(26)27)7-5-6-8-20(25)28-22(2,3)4/h14-17,19H,5-13H2,1-4H3,(H,26,27);13-16,19H,5-12H2,1-4H3,(H,26,27)/b;17-13+/t16?,17-,19?;/m0./s1. The third-order valence-electron chi connectivity index (χ3n) is 10.6. The predicted molar refractivity (Wildman–Crippen MR) is 217 cm³/mol. The molecule has 2 saturated carbocycles. The third-order valence-corrected chi connectivity index (χ3v) is 10.6. The summed E-state index contributed by atoms with van der Waals surface area (Å²) in [6, 6.07) is 0.961. The Morgan fingerprint density at radius 1 is 0.714 bits per heavy atom. The van der Waals surface area contributed by atoms with Crippen LogP contribution in [-0.2, 0) is 35.1 Å². The maximum absolute atomic E-state index is 11.8. The van der Waals surface area contributed by atoms with Crippen LogP contribution in [0.1, 0.15) is 182 Å². The van der Waals surface area contributed by atoms with E-state index < -0.39 is 29.1 Å². The number of hydrogen-bond donors (Lipinski definition) is 2. The average Bonchev–Trinajstić information content (AvgIpc) is 3.77. The average molecular weight is 783 g/mol. The van der Waals surface area contributed by atoms with E-state index in [4.69, 9.17) is 9.47 Å². The van der Waals surface area contributed by atoms with E-state index >= 15 is 0 Å². The number of esters is 2. The van der Waals surface area contributed by atoms with Crippen LogP contribution >= 0.6 is 0 Å². The van der Waals surface area contributed by atoms with Gasteiger partial charge in [0.2, 0.25) is 0 Å². The van der Waals surface area contributed by atoms with Gasteiger partial charge < -0.3 is 28.8 Å². The van der Waals surface area contributed by atoms with Gasteiger partial charge >= 0.3 is 23.9 Å². The van der Waals surface area contributed by atoms with Crippen LogP contribution in [0.15, 0.2) is 30.6 Å². The molecule has 0 aliphatic heterocycles. The van der Waals surface area contributed by atoms with Crippen molar-refractivity contribution >= 4 is 30.0 Å². The molecule has 2 aliphatic carbocycles. The second-order valence-corrected chi connectivity index (χ2v) is 18.2. The first-order chi connectivity index (χ1) is 26.3. The predicted octanol–water partition coefficient (Wildman–Crippen LogP) is 9.78. The first kappa shape index (κ1) is 46.4. The largest absolute Gasteiger partial charge is 0.481 e. The summed E-state index contributed by atoms with van der Waals surface area (Å²) in [7, 11) is 0. The molecule has 1 atom stereocenters. The van der Waals surface area contributed by atoms with Crippen LogP contribution in [0.5, 0.6) is 0 Å². The van der Waals surface area contributed by atoms with Gasteiger partial charge in [0.05, 0.1) is 30.0 Å². The summed E-state index contributed by atoms with van der Waals surface area (Å²) >= 11 is 0. The second-order valence-electron chi connectivity index (χ2n) is 18.2. The van der Waals surface area contributed by atoms with Gasteiger partial charge in [-0.2, -0.15) is 0 Å². The van der Waals surface area contributed by atoms with Crippen LogP contribution in [0, 0.1) is 17.8 Å². The number of carbonyl (C=O) groups excluding carboxylic acids is 2. The van der Waals surface area contributed by atoms with Gasteiger partial charge in [-0.25, -0.2) is 14.8 Å². The maximum Gasteiger partial charge on any atom is 0.331 e. The lowest BCUT2D eigenvalue weighted by Crippen LogP contribution is -2.23. The number of ether oxygens (including phenoxy) is 2. The molecule has 12 nitrogen and oxygen atoms in total. The Bertz CT molecular complexity index is 1560. The van der Waals surface area contributed by atoms with E-state index in [0.717, 1.165) is 30.4 Å². The van der Waals surface area contributed by atoms with E-state index in [9.17, 15) is 29.4 Å². The molecule has 0 saturated heterocycles. The number of hydrogen-bond acceptors (Lipinski definition) is 8. The number of carboxylic acids is 2. The fraction of sp³-hybridized carbons (Fsp3) is 0.727. The summed E-state index contributed by atoms with van der Waals surface area (Å²) < 4.78 is 14.9. The number of aliphatic carboxylic acids is 2. The lowest BCUT2D eigenvalue weighted by Gasteiger charge is -2.26. The van der Waals surface area contributed by atoms with Gasteiger partial charge in [0.25, 0.3) is 0 Å². The molecule has 2 N–H and O–H groups in total. The number of carbonyl (C=O) groups is 4. The minimum atomic E-state index is -0.932. The number of imidazole rings is 2. The molecule has 314 valence electrons. The van der Waals surface area contributed by atoms with Gasteiger partial charge in [-0.05, 0) is 143 Å². The molecule has 12 heteroatoms. The van der Waals surface area contributed by atoms with Crippen molar-refractivity contribution in [3.05, 3.63) is 42.0 Å². The van der Waals surface area contributed by atoms with Crippen molar-refractivity contribution in [2.75, 3.05) is 0 Å². The molecule has 2 aromatic rings. The van der Waals surface area contributed by atoms with Crippen molar-refractivity contribution in [1.82, 2.24) is 19.1 Å². The molecule has 4 rings (SSSR count). The third kappa shape index (κ3) is 17.9.